The molecule has 1 heterocycles. The number of aromatic nitrogens is 1. The number of aryl methyl sites for hydroxylation is 2. The Morgan fingerprint density at radius 2 is 1.89 bits per heavy atom. The molecule has 0 fully saturated rings. The Kier molecular flexibility index (Phi) is 3.35. The molecule has 0 aliphatic rings. The van der Waals surface area contributed by atoms with Crippen LogP contribution in [0.25, 0.3) is 10.9 Å². The summed E-state index contributed by atoms with van der Waals surface area (Å²) in [6.45, 7) is 8.12. The minimum Gasteiger partial charge on any atom is -0.325 e. The first-order valence-electron chi connectivity index (χ1n) is 6.11. The van der Waals surface area contributed by atoms with Crippen molar-refractivity contribution in [1.82, 2.24) is 4.98 Å². The van der Waals surface area contributed by atoms with Crippen molar-refractivity contribution in [3.8, 4) is 0 Å². The largest absolute Gasteiger partial charge is 0.325 e. The molecule has 0 saturated carbocycles. The van der Waals surface area contributed by atoms with E-state index in [1.54, 1.807) is 0 Å². The van der Waals surface area contributed by atoms with Gasteiger partial charge in [-0.15, -0.1) is 0 Å². The lowest BCUT2D eigenvalue weighted by molar-refractivity contribution is 0.518. The number of pyridine rings is 1. The molecule has 0 aliphatic heterocycles. The van der Waals surface area contributed by atoms with E-state index < -0.39 is 0 Å². The number of hydrogen-bond acceptors (Lipinski definition) is 2. The van der Waals surface area contributed by atoms with Crippen LogP contribution in [-0.4, -0.2) is 10.5 Å². The molecule has 2 aromatic rings. The SMILES string of the molecule is Cc1cc(CC(C)(C)N)c2cc(Cl)cc(C)c2n1. The van der Waals surface area contributed by atoms with Crippen LogP contribution in [0.2, 0.25) is 5.02 Å². The van der Waals surface area contributed by atoms with E-state index in [0.717, 1.165) is 33.6 Å². The van der Waals surface area contributed by atoms with E-state index in [1.807, 2.05) is 39.8 Å². The summed E-state index contributed by atoms with van der Waals surface area (Å²) in [7, 11) is 0. The zero-order valence-electron chi connectivity index (χ0n) is 11.3. The molecule has 0 aliphatic carbocycles. The summed E-state index contributed by atoms with van der Waals surface area (Å²) in [6, 6.07) is 6.04. The molecule has 2 N–H and O–H groups in total. The highest BCUT2D eigenvalue weighted by molar-refractivity contribution is 6.31. The molecule has 1 aromatic heterocycles. The maximum atomic E-state index is 6.15. The molecule has 0 radical (unpaired) electrons. The first-order chi connectivity index (χ1) is 8.26. The molecular formula is C15H19ClN2. The molecule has 1 aromatic carbocycles. The molecule has 2 nitrogen and oxygen atoms in total. The van der Waals surface area contributed by atoms with Gasteiger partial charge in [-0.05, 0) is 63.4 Å². The fourth-order valence-corrected chi connectivity index (χ4v) is 2.58. The van der Waals surface area contributed by atoms with E-state index >= 15 is 0 Å². The standard InChI is InChI=1S/C15H19ClN2/c1-9-5-12(16)7-13-11(8-15(3,4)17)6-10(2)18-14(9)13/h5-7H,8,17H2,1-4H3. The van der Waals surface area contributed by atoms with Crippen molar-refractivity contribution < 1.29 is 0 Å². The molecule has 2 rings (SSSR count). The molecule has 18 heavy (non-hydrogen) atoms. The van der Waals surface area contributed by atoms with Crippen LogP contribution < -0.4 is 5.73 Å². The Bertz CT molecular complexity index is 597. The number of nitrogens with two attached hydrogens (primary N) is 1. The zero-order chi connectivity index (χ0) is 13.5. The third-order valence-corrected chi connectivity index (χ3v) is 3.15. The Morgan fingerprint density at radius 1 is 1.22 bits per heavy atom. The van der Waals surface area contributed by atoms with Crippen LogP contribution in [0.3, 0.4) is 0 Å². The van der Waals surface area contributed by atoms with Crippen LogP contribution in [0.15, 0.2) is 18.2 Å². The highest BCUT2D eigenvalue weighted by atomic mass is 35.5. The second-order valence-electron chi connectivity index (χ2n) is 5.71. The Balaban J connectivity index is 2.72. The van der Waals surface area contributed by atoms with Crippen LogP contribution in [0.1, 0.15) is 30.7 Å². The van der Waals surface area contributed by atoms with Gasteiger partial charge in [0.25, 0.3) is 0 Å². The second kappa shape index (κ2) is 4.52. The van der Waals surface area contributed by atoms with Gasteiger partial charge in [-0.2, -0.15) is 0 Å². The van der Waals surface area contributed by atoms with Gasteiger partial charge in [0.05, 0.1) is 5.52 Å². The topological polar surface area (TPSA) is 38.9 Å². The summed E-state index contributed by atoms with van der Waals surface area (Å²) in [6.07, 6.45) is 0.812. The summed E-state index contributed by atoms with van der Waals surface area (Å²) in [5.74, 6) is 0. The van der Waals surface area contributed by atoms with Gasteiger partial charge in [0.1, 0.15) is 0 Å². The first-order valence-corrected chi connectivity index (χ1v) is 6.49. The van der Waals surface area contributed by atoms with Gasteiger partial charge in [0.2, 0.25) is 0 Å². The maximum absolute atomic E-state index is 6.15. The van der Waals surface area contributed by atoms with Crippen LogP contribution in [-0.2, 0) is 6.42 Å². The molecule has 0 amide bonds. The number of nitrogens with zero attached hydrogens (tertiary/aromatic N) is 1. The molecule has 0 atom stereocenters. The van der Waals surface area contributed by atoms with Gasteiger partial charge in [-0.3, -0.25) is 4.98 Å². The first kappa shape index (κ1) is 13.3. The Labute approximate surface area is 113 Å². The molecule has 0 spiro atoms. The van der Waals surface area contributed by atoms with E-state index in [1.165, 1.54) is 5.56 Å². The Morgan fingerprint density at radius 3 is 2.50 bits per heavy atom. The quantitative estimate of drug-likeness (QED) is 0.894. The molecule has 96 valence electrons. The van der Waals surface area contributed by atoms with Crippen molar-refractivity contribution in [3.05, 3.63) is 40.0 Å². The second-order valence-corrected chi connectivity index (χ2v) is 6.14. The third kappa shape index (κ3) is 2.82. The Hall–Kier alpha value is -1.12. The van der Waals surface area contributed by atoms with Gasteiger partial charge in [0, 0.05) is 21.6 Å². The lowest BCUT2D eigenvalue weighted by Crippen LogP contribution is -2.34. The highest BCUT2D eigenvalue weighted by Crippen LogP contribution is 2.27. The van der Waals surface area contributed by atoms with Gasteiger partial charge in [-0.1, -0.05) is 11.6 Å². The van der Waals surface area contributed by atoms with Gasteiger partial charge in [-0.25, -0.2) is 0 Å². The fraction of sp³-hybridized carbons (Fsp3) is 0.400. The average Bonchev–Trinajstić information content (AvgIpc) is 2.17. The van der Waals surface area contributed by atoms with E-state index in [0.29, 0.717) is 0 Å². The lowest BCUT2D eigenvalue weighted by atomic mass is 9.93. The van der Waals surface area contributed by atoms with E-state index in [2.05, 4.69) is 11.1 Å². The summed E-state index contributed by atoms with van der Waals surface area (Å²) < 4.78 is 0. The summed E-state index contributed by atoms with van der Waals surface area (Å²) in [5, 5.41) is 1.87. The summed E-state index contributed by atoms with van der Waals surface area (Å²) in [5.41, 5.74) is 10.3. The number of benzene rings is 1. The lowest BCUT2D eigenvalue weighted by Gasteiger charge is -2.20. The minimum atomic E-state index is -0.239. The summed E-state index contributed by atoms with van der Waals surface area (Å²) >= 11 is 6.15. The van der Waals surface area contributed by atoms with E-state index in [9.17, 15) is 0 Å². The molecule has 0 unspecified atom stereocenters. The molecule has 0 bridgehead atoms. The zero-order valence-corrected chi connectivity index (χ0v) is 12.1. The minimum absolute atomic E-state index is 0.239. The monoisotopic (exact) mass is 262 g/mol. The number of halogens is 1. The van der Waals surface area contributed by atoms with Crippen molar-refractivity contribution in [2.24, 2.45) is 5.73 Å². The number of fused-ring (bicyclic) bond motifs is 1. The van der Waals surface area contributed by atoms with Crippen molar-refractivity contribution in [2.45, 2.75) is 39.7 Å². The molecular weight excluding hydrogens is 244 g/mol. The molecule has 0 saturated heterocycles. The predicted molar refractivity (Wildman–Crippen MR) is 78.2 cm³/mol. The van der Waals surface area contributed by atoms with E-state index in [4.69, 9.17) is 17.3 Å². The average molecular weight is 263 g/mol. The smallest absolute Gasteiger partial charge is 0.0738 e. The van der Waals surface area contributed by atoms with E-state index in [-0.39, 0.29) is 5.54 Å². The van der Waals surface area contributed by atoms with Gasteiger partial charge < -0.3 is 5.73 Å². The van der Waals surface area contributed by atoms with Crippen molar-refractivity contribution in [3.63, 3.8) is 0 Å². The normalized spacial score (nSPS) is 12.1. The van der Waals surface area contributed by atoms with Crippen molar-refractivity contribution >= 4 is 22.5 Å². The summed E-state index contributed by atoms with van der Waals surface area (Å²) in [4.78, 5) is 4.61. The molecule has 3 heteroatoms. The van der Waals surface area contributed by atoms with Crippen LogP contribution in [0.5, 0.6) is 0 Å². The number of rotatable bonds is 2. The third-order valence-electron chi connectivity index (χ3n) is 2.93. The van der Waals surface area contributed by atoms with Gasteiger partial charge in [0.15, 0.2) is 0 Å². The predicted octanol–water partition coefficient (Wildman–Crippen LogP) is 3.78. The van der Waals surface area contributed by atoms with Crippen LogP contribution in [0.4, 0.5) is 0 Å². The fourth-order valence-electron chi connectivity index (χ4n) is 2.30. The van der Waals surface area contributed by atoms with Crippen molar-refractivity contribution in [2.75, 3.05) is 0 Å². The highest BCUT2D eigenvalue weighted by Gasteiger charge is 2.15. The van der Waals surface area contributed by atoms with Crippen molar-refractivity contribution in [1.29, 1.82) is 0 Å². The van der Waals surface area contributed by atoms with Crippen LogP contribution in [0, 0.1) is 13.8 Å². The van der Waals surface area contributed by atoms with Gasteiger partial charge >= 0.3 is 0 Å². The number of hydrogen-bond donors (Lipinski definition) is 1. The van der Waals surface area contributed by atoms with Crippen LogP contribution >= 0.6 is 11.6 Å². The maximum Gasteiger partial charge on any atom is 0.0738 e.